The molecule has 0 N–H and O–H groups in total. The van der Waals surface area contributed by atoms with Crippen molar-refractivity contribution in [2.45, 2.75) is 46.1 Å². The van der Waals surface area contributed by atoms with Crippen LogP contribution in [-0.2, 0) is 0 Å². The zero-order valence-electron chi connectivity index (χ0n) is 17.4. The number of nitriles is 1. The summed E-state index contributed by atoms with van der Waals surface area (Å²) in [5.41, 5.74) is 2.17. The first-order valence-electron chi connectivity index (χ1n) is 9.97. The maximum absolute atomic E-state index is 13.0. The van der Waals surface area contributed by atoms with Crippen LogP contribution in [-0.4, -0.2) is 30.0 Å². The first-order valence-corrected chi connectivity index (χ1v) is 10.3. The van der Waals surface area contributed by atoms with Gasteiger partial charge in [-0.1, -0.05) is 51.4 Å². The highest BCUT2D eigenvalue weighted by Crippen LogP contribution is 2.34. The summed E-state index contributed by atoms with van der Waals surface area (Å²) in [4.78, 5) is 14.9. The molecule has 0 spiro atoms. The number of carbonyl (C=O) groups excluding carboxylic acids is 1. The molecule has 0 bridgehead atoms. The third kappa shape index (κ3) is 4.74. The molecule has 3 rings (SSSR count). The largest absolute Gasteiger partial charge is 0.490 e. The highest BCUT2D eigenvalue weighted by atomic mass is 35.5. The lowest BCUT2D eigenvalue weighted by Crippen LogP contribution is -2.52. The molecule has 29 heavy (non-hydrogen) atoms. The Morgan fingerprint density at radius 3 is 2.48 bits per heavy atom. The molecule has 1 atom stereocenters. The second-order valence-corrected chi connectivity index (χ2v) is 9.05. The van der Waals surface area contributed by atoms with Crippen molar-refractivity contribution in [1.29, 1.82) is 5.26 Å². The summed E-state index contributed by atoms with van der Waals surface area (Å²) in [6.07, 6.45) is 0.694. The molecule has 0 radical (unpaired) electrons. The van der Waals surface area contributed by atoms with Crippen LogP contribution in [0.3, 0.4) is 0 Å². The van der Waals surface area contributed by atoms with Gasteiger partial charge in [0.25, 0.3) is 5.91 Å². The van der Waals surface area contributed by atoms with Crippen LogP contribution in [0.4, 0.5) is 0 Å². The molecule has 1 aliphatic heterocycles. The number of benzene rings is 2. The summed E-state index contributed by atoms with van der Waals surface area (Å²) in [7, 11) is 0. The quantitative estimate of drug-likeness (QED) is 0.653. The fourth-order valence-corrected chi connectivity index (χ4v) is 3.96. The fraction of sp³-hybridized carbons (Fsp3) is 0.417. The number of hydrogen-bond donors (Lipinski definition) is 0. The van der Waals surface area contributed by atoms with E-state index in [1.807, 2.05) is 29.2 Å². The molecular weight excluding hydrogens is 384 g/mol. The predicted octanol–water partition coefficient (Wildman–Crippen LogP) is 5.65. The van der Waals surface area contributed by atoms with Gasteiger partial charge in [-0.3, -0.25) is 4.79 Å². The third-order valence-corrected chi connectivity index (χ3v) is 5.89. The molecule has 1 amide bonds. The summed E-state index contributed by atoms with van der Waals surface area (Å²) in [5.74, 6) is 1.16. The Labute approximate surface area is 178 Å². The van der Waals surface area contributed by atoms with Gasteiger partial charge in [0, 0.05) is 36.6 Å². The Bertz CT molecular complexity index is 929. The SMILES string of the molecule is CC(C)c1ccc(C(=O)N2CCC(Oc3ccc(C#N)c(Cl)c3)C(C)(C)C2)cc1. The molecule has 5 heteroatoms. The molecule has 4 nitrogen and oxygen atoms in total. The van der Waals surface area contributed by atoms with Crippen LogP contribution in [0.25, 0.3) is 0 Å². The van der Waals surface area contributed by atoms with Crippen molar-refractivity contribution in [3.63, 3.8) is 0 Å². The molecule has 0 saturated carbocycles. The monoisotopic (exact) mass is 410 g/mol. The van der Waals surface area contributed by atoms with E-state index in [0.29, 0.717) is 35.3 Å². The lowest BCUT2D eigenvalue weighted by atomic mass is 9.80. The lowest BCUT2D eigenvalue weighted by molar-refractivity contribution is -0.00394. The first-order chi connectivity index (χ1) is 13.7. The summed E-state index contributed by atoms with van der Waals surface area (Å²) >= 11 is 6.13. The molecule has 1 unspecified atom stereocenters. The number of halogens is 1. The molecule has 2 aromatic rings. The number of rotatable bonds is 4. The van der Waals surface area contributed by atoms with Gasteiger partial charge in [-0.15, -0.1) is 0 Å². The average molecular weight is 411 g/mol. The van der Waals surface area contributed by atoms with Crippen LogP contribution in [0, 0.1) is 16.7 Å². The maximum Gasteiger partial charge on any atom is 0.253 e. The third-order valence-electron chi connectivity index (χ3n) is 5.58. The Balaban J connectivity index is 1.68. The van der Waals surface area contributed by atoms with Crippen molar-refractivity contribution in [1.82, 2.24) is 4.90 Å². The number of carbonyl (C=O) groups is 1. The molecule has 152 valence electrons. The highest BCUT2D eigenvalue weighted by molar-refractivity contribution is 6.31. The first kappa shape index (κ1) is 21.2. The van der Waals surface area contributed by atoms with Crippen LogP contribution in [0.2, 0.25) is 5.02 Å². The molecule has 0 aromatic heterocycles. The Hall–Kier alpha value is -2.51. The van der Waals surface area contributed by atoms with Crippen molar-refractivity contribution in [2.75, 3.05) is 13.1 Å². The van der Waals surface area contributed by atoms with Gasteiger partial charge in [0.1, 0.15) is 17.9 Å². The lowest BCUT2D eigenvalue weighted by Gasteiger charge is -2.44. The van der Waals surface area contributed by atoms with Crippen LogP contribution in [0.5, 0.6) is 5.75 Å². The van der Waals surface area contributed by atoms with E-state index in [-0.39, 0.29) is 17.4 Å². The number of ether oxygens (including phenoxy) is 1. The second kappa shape index (κ2) is 8.47. The smallest absolute Gasteiger partial charge is 0.253 e. The van der Waals surface area contributed by atoms with Crippen molar-refractivity contribution in [3.8, 4) is 11.8 Å². The zero-order valence-corrected chi connectivity index (χ0v) is 18.2. The number of likely N-dealkylation sites (tertiary alicyclic amines) is 1. The minimum atomic E-state index is -0.216. The molecule has 2 aromatic carbocycles. The predicted molar refractivity (Wildman–Crippen MR) is 115 cm³/mol. The Kier molecular flexibility index (Phi) is 6.19. The number of piperidine rings is 1. The molecule has 1 fully saturated rings. The number of amides is 1. The van der Waals surface area contributed by atoms with Crippen molar-refractivity contribution < 1.29 is 9.53 Å². The van der Waals surface area contributed by atoms with E-state index in [1.54, 1.807) is 18.2 Å². The fourth-order valence-electron chi connectivity index (χ4n) is 3.75. The Morgan fingerprint density at radius 2 is 1.93 bits per heavy atom. The standard InChI is InChI=1S/C24H27ClN2O2/c1-16(2)17-5-7-18(8-6-17)23(28)27-12-11-22(24(3,4)15-27)29-20-10-9-19(14-26)21(25)13-20/h5-10,13,16,22H,11-12,15H2,1-4H3. The van der Waals surface area contributed by atoms with Gasteiger partial charge in [-0.05, 0) is 35.7 Å². The zero-order chi connectivity index (χ0) is 21.2. The van der Waals surface area contributed by atoms with E-state index < -0.39 is 0 Å². The van der Waals surface area contributed by atoms with Crippen LogP contribution >= 0.6 is 11.6 Å². The van der Waals surface area contributed by atoms with E-state index in [2.05, 4.69) is 33.8 Å². The molecule has 1 heterocycles. The second-order valence-electron chi connectivity index (χ2n) is 8.64. The summed E-state index contributed by atoms with van der Waals surface area (Å²) in [5, 5.41) is 9.41. The molecular formula is C24H27ClN2O2. The minimum Gasteiger partial charge on any atom is -0.490 e. The summed E-state index contributed by atoms with van der Waals surface area (Å²) in [6.45, 7) is 9.78. The normalized spacial score (nSPS) is 18.4. The average Bonchev–Trinajstić information content (AvgIpc) is 2.69. The van der Waals surface area contributed by atoms with E-state index in [4.69, 9.17) is 21.6 Å². The van der Waals surface area contributed by atoms with Gasteiger partial charge >= 0.3 is 0 Å². The summed E-state index contributed by atoms with van der Waals surface area (Å²) in [6, 6.07) is 15.1. The maximum atomic E-state index is 13.0. The van der Waals surface area contributed by atoms with Crippen LogP contribution in [0.15, 0.2) is 42.5 Å². The van der Waals surface area contributed by atoms with Gasteiger partial charge in [0.15, 0.2) is 0 Å². The summed E-state index contributed by atoms with van der Waals surface area (Å²) < 4.78 is 6.19. The molecule has 1 aliphatic rings. The van der Waals surface area contributed by atoms with Gasteiger partial charge in [-0.25, -0.2) is 0 Å². The number of nitrogens with zero attached hydrogens (tertiary/aromatic N) is 2. The molecule has 1 saturated heterocycles. The van der Waals surface area contributed by atoms with Gasteiger partial charge < -0.3 is 9.64 Å². The minimum absolute atomic E-state index is 0.0427. The van der Waals surface area contributed by atoms with E-state index in [0.717, 1.165) is 12.0 Å². The van der Waals surface area contributed by atoms with Crippen molar-refractivity contribution in [3.05, 3.63) is 64.2 Å². The Morgan fingerprint density at radius 1 is 1.24 bits per heavy atom. The van der Waals surface area contributed by atoms with Gasteiger partial charge in [-0.2, -0.15) is 5.26 Å². The van der Waals surface area contributed by atoms with E-state index in [9.17, 15) is 4.79 Å². The van der Waals surface area contributed by atoms with Crippen LogP contribution < -0.4 is 4.74 Å². The highest BCUT2D eigenvalue weighted by Gasteiger charge is 2.39. The van der Waals surface area contributed by atoms with E-state index >= 15 is 0 Å². The van der Waals surface area contributed by atoms with Gasteiger partial charge in [0.2, 0.25) is 0 Å². The number of hydrogen-bond acceptors (Lipinski definition) is 3. The molecule has 0 aliphatic carbocycles. The van der Waals surface area contributed by atoms with Gasteiger partial charge in [0.05, 0.1) is 10.6 Å². The van der Waals surface area contributed by atoms with Crippen molar-refractivity contribution >= 4 is 17.5 Å². The van der Waals surface area contributed by atoms with Crippen molar-refractivity contribution in [2.24, 2.45) is 5.41 Å². The topological polar surface area (TPSA) is 53.3 Å². The van der Waals surface area contributed by atoms with E-state index in [1.165, 1.54) is 5.56 Å². The van der Waals surface area contributed by atoms with Crippen LogP contribution in [0.1, 0.15) is 61.5 Å².